The first kappa shape index (κ1) is 24.6. The maximum Gasteiger partial charge on any atom is 0.332 e. The summed E-state index contributed by atoms with van der Waals surface area (Å²) in [7, 11) is 1.80. The summed E-state index contributed by atoms with van der Waals surface area (Å²) >= 11 is 0. The normalized spacial score (nSPS) is 14.1. The topological polar surface area (TPSA) is 86.3 Å². The van der Waals surface area contributed by atoms with Crippen molar-refractivity contribution in [1.82, 2.24) is 24.0 Å². The number of rotatable bonds is 7. The van der Waals surface area contributed by atoms with Gasteiger partial charge in [-0.2, -0.15) is 0 Å². The molecular weight excluding hydrogens is 468 g/mol. The van der Waals surface area contributed by atoms with Gasteiger partial charge in [-0.05, 0) is 61.9 Å². The molecule has 0 amide bonds. The molecule has 9 nitrogen and oxygen atoms in total. The molecule has 0 aliphatic carbocycles. The van der Waals surface area contributed by atoms with Crippen molar-refractivity contribution in [3.8, 4) is 11.5 Å². The predicted octanol–water partition coefficient (Wildman–Crippen LogP) is 3.31. The van der Waals surface area contributed by atoms with Crippen LogP contribution in [0.1, 0.15) is 25.2 Å². The van der Waals surface area contributed by atoms with Gasteiger partial charge in [-0.15, -0.1) is 0 Å². The van der Waals surface area contributed by atoms with E-state index in [2.05, 4.69) is 27.3 Å². The lowest BCUT2D eigenvalue weighted by molar-refractivity contribution is 0.482. The van der Waals surface area contributed by atoms with E-state index in [1.165, 1.54) is 10.3 Å². The molecule has 0 radical (unpaired) electrons. The van der Waals surface area contributed by atoms with E-state index in [0.717, 1.165) is 43.2 Å². The molecule has 4 aromatic rings. The smallest absolute Gasteiger partial charge is 0.332 e. The Balaban J connectivity index is 1.38. The van der Waals surface area contributed by atoms with Crippen LogP contribution in [0.2, 0.25) is 0 Å². The predicted molar refractivity (Wildman–Crippen MR) is 148 cm³/mol. The lowest BCUT2D eigenvalue weighted by Gasteiger charge is -2.29. The minimum absolute atomic E-state index is 0.315. The van der Waals surface area contributed by atoms with Crippen LogP contribution in [-0.4, -0.2) is 44.9 Å². The van der Waals surface area contributed by atoms with Crippen LogP contribution in [0, 0.1) is 0 Å². The van der Waals surface area contributed by atoms with Crippen LogP contribution in [0.4, 0.5) is 5.69 Å². The van der Waals surface area contributed by atoms with Crippen molar-refractivity contribution >= 4 is 29.0 Å². The molecule has 192 valence electrons. The molecule has 3 heterocycles. The molecule has 1 fully saturated rings. The Morgan fingerprint density at radius 3 is 2.38 bits per heavy atom. The van der Waals surface area contributed by atoms with Gasteiger partial charge in [-0.25, -0.2) is 9.78 Å². The number of nitrogens with one attached hydrogen (secondary N) is 1. The zero-order valence-electron chi connectivity index (χ0n) is 21.5. The molecule has 2 aromatic carbocycles. The standard InChI is InChI=1S/C28H32N6O3/c1-4-33-26-25(27(35)34(5-2)28(33)36)31(3)24(30-26)14-9-20-7-6-8-23(19-20)37-22-12-10-21(11-13-22)32-17-15-29-16-18-32/h6-14,19,29H,4-5,15-18H2,1-3H3/b14-9+. The number of fused-ring (bicyclic) bond motifs is 1. The highest BCUT2D eigenvalue weighted by Crippen LogP contribution is 2.26. The second-order valence-corrected chi connectivity index (χ2v) is 9.02. The van der Waals surface area contributed by atoms with Crippen molar-refractivity contribution in [2.75, 3.05) is 31.1 Å². The Bertz CT molecular complexity index is 1560. The average Bonchev–Trinajstić information content (AvgIpc) is 3.25. The van der Waals surface area contributed by atoms with Gasteiger partial charge in [0.2, 0.25) is 0 Å². The van der Waals surface area contributed by atoms with Crippen molar-refractivity contribution in [2.24, 2.45) is 7.05 Å². The van der Waals surface area contributed by atoms with Gasteiger partial charge in [0.15, 0.2) is 11.2 Å². The molecule has 5 rings (SSSR count). The number of anilines is 1. The van der Waals surface area contributed by atoms with Crippen molar-refractivity contribution in [3.63, 3.8) is 0 Å². The molecule has 0 saturated carbocycles. The highest BCUT2D eigenvalue weighted by Gasteiger charge is 2.17. The van der Waals surface area contributed by atoms with Crippen molar-refractivity contribution < 1.29 is 4.74 Å². The second kappa shape index (κ2) is 10.5. The lowest BCUT2D eigenvalue weighted by atomic mass is 10.2. The Labute approximate surface area is 215 Å². The second-order valence-electron chi connectivity index (χ2n) is 9.02. The lowest BCUT2D eigenvalue weighted by Crippen LogP contribution is -2.43. The first-order chi connectivity index (χ1) is 18.0. The fourth-order valence-corrected chi connectivity index (χ4v) is 4.73. The van der Waals surface area contributed by atoms with E-state index >= 15 is 0 Å². The maximum absolute atomic E-state index is 12.9. The SMILES string of the molecule is CCn1c(=O)c2c(nc(/C=C/c3cccc(Oc4ccc(N5CCNCC5)cc4)c3)n2C)n(CC)c1=O. The van der Waals surface area contributed by atoms with Crippen LogP contribution in [0.25, 0.3) is 23.3 Å². The molecule has 37 heavy (non-hydrogen) atoms. The van der Waals surface area contributed by atoms with E-state index in [1.807, 2.05) is 55.5 Å². The summed E-state index contributed by atoms with van der Waals surface area (Å²) < 4.78 is 10.6. The summed E-state index contributed by atoms with van der Waals surface area (Å²) in [5.41, 5.74) is 2.31. The Hall–Kier alpha value is -4.11. The van der Waals surface area contributed by atoms with Crippen molar-refractivity contribution in [2.45, 2.75) is 26.9 Å². The number of nitrogens with zero attached hydrogens (tertiary/aromatic N) is 5. The van der Waals surface area contributed by atoms with E-state index < -0.39 is 0 Å². The van der Waals surface area contributed by atoms with E-state index in [-0.39, 0.29) is 11.2 Å². The molecule has 1 aliphatic rings. The number of ether oxygens (including phenoxy) is 1. The number of aryl methyl sites for hydroxylation is 2. The minimum Gasteiger partial charge on any atom is -0.457 e. The fraction of sp³-hybridized carbons (Fsp3) is 0.321. The van der Waals surface area contributed by atoms with Crippen LogP contribution in [-0.2, 0) is 20.1 Å². The van der Waals surface area contributed by atoms with Crippen LogP contribution in [0.5, 0.6) is 11.5 Å². The summed E-state index contributed by atoms with van der Waals surface area (Å²) in [5, 5.41) is 3.37. The molecule has 0 spiro atoms. The van der Waals surface area contributed by atoms with Crippen LogP contribution >= 0.6 is 0 Å². The van der Waals surface area contributed by atoms with Gasteiger partial charge in [-0.1, -0.05) is 18.2 Å². The van der Waals surface area contributed by atoms with Gasteiger partial charge in [0.25, 0.3) is 5.56 Å². The largest absolute Gasteiger partial charge is 0.457 e. The molecule has 0 atom stereocenters. The van der Waals surface area contributed by atoms with Crippen molar-refractivity contribution in [1.29, 1.82) is 0 Å². The van der Waals surface area contributed by atoms with Gasteiger partial charge in [0, 0.05) is 52.0 Å². The van der Waals surface area contributed by atoms with Gasteiger partial charge >= 0.3 is 5.69 Å². The average molecular weight is 501 g/mol. The summed E-state index contributed by atoms with van der Waals surface area (Å²) in [6.07, 6.45) is 3.77. The summed E-state index contributed by atoms with van der Waals surface area (Å²) in [4.78, 5) is 32.6. The Morgan fingerprint density at radius 1 is 0.946 bits per heavy atom. The molecule has 0 unspecified atom stereocenters. The van der Waals surface area contributed by atoms with Crippen LogP contribution < -0.4 is 26.2 Å². The Morgan fingerprint density at radius 2 is 1.68 bits per heavy atom. The van der Waals surface area contributed by atoms with Crippen LogP contribution in [0.15, 0.2) is 58.1 Å². The molecule has 9 heteroatoms. The monoisotopic (exact) mass is 500 g/mol. The van der Waals surface area contributed by atoms with E-state index in [9.17, 15) is 9.59 Å². The number of benzene rings is 2. The highest BCUT2D eigenvalue weighted by atomic mass is 16.5. The highest BCUT2D eigenvalue weighted by molar-refractivity contribution is 5.76. The number of aromatic nitrogens is 4. The fourth-order valence-electron chi connectivity index (χ4n) is 4.73. The third kappa shape index (κ3) is 4.82. The maximum atomic E-state index is 12.9. The number of imidazole rings is 1. The van der Waals surface area contributed by atoms with Gasteiger partial charge in [-0.3, -0.25) is 13.9 Å². The van der Waals surface area contributed by atoms with Gasteiger partial charge in [0.1, 0.15) is 17.3 Å². The minimum atomic E-state index is -0.332. The molecular formula is C28H32N6O3. The third-order valence-electron chi connectivity index (χ3n) is 6.75. The van der Waals surface area contributed by atoms with E-state index in [1.54, 1.807) is 23.1 Å². The zero-order chi connectivity index (χ0) is 25.9. The number of hydrogen-bond acceptors (Lipinski definition) is 6. The molecule has 1 aliphatic heterocycles. The van der Waals surface area contributed by atoms with E-state index in [4.69, 9.17) is 4.74 Å². The van der Waals surface area contributed by atoms with Crippen LogP contribution in [0.3, 0.4) is 0 Å². The summed E-state index contributed by atoms with van der Waals surface area (Å²) in [5.74, 6) is 2.10. The third-order valence-corrected chi connectivity index (χ3v) is 6.75. The first-order valence-electron chi connectivity index (χ1n) is 12.7. The van der Waals surface area contributed by atoms with Gasteiger partial charge in [0.05, 0.1) is 0 Å². The summed E-state index contributed by atoms with van der Waals surface area (Å²) in [6.45, 7) is 8.43. The zero-order valence-corrected chi connectivity index (χ0v) is 21.5. The molecule has 1 saturated heterocycles. The molecule has 0 bridgehead atoms. The molecule has 2 aromatic heterocycles. The molecule has 1 N–H and O–H groups in total. The van der Waals surface area contributed by atoms with Crippen molar-refractivity contribution in [3.05, 3.63) is 80.8 Å². The number of hydrogen-bond donors (Lipinski definition) is 1. The quantitative estimate of drug-likeness (QED) is 0.419. The summed E-state index contributed by atoms with van der Waals surface area (Å²) in [6, 6.07) is 16.0. The Kier molecular flexibility index (Phi) is 6.96. The first-order valence-corrected chi connectivity index (χ1v) is 12.7. The number of piperazine rings is 1. The van der Waals surface area contributed by atoms with E-state index in [0.29, 0.717) is 30.1 Å². The van der Waals surface area contributed by atoms with Gasteiger partial charge < -0.3 is 19.5 Å².